The van der Waals surface area contributed by atoms with Crippen molar-refractivity contribution in [3.05, 3.63) is 32.7 Å². The van der Waals surface area contributed by atoms with E-state index in [-0.39, 0.29) is 16.9 Å². The third-order valence-corrected chi connectivity index (χ3v) is 1.71. The molecule has 0 aromatic carbocycles. The molecule has 0 unspecified atom stereocenters. The molecule has 0 atom stereocenters. The van der Waals surface area contributed by atoms with Gasteiger partial charge in [0.25, 0.3) is 12.0 Å². The van der Waals surface area contributed by atoms with Crippen molar-refractivity contribution in [2.75, 3.05) is 0 Å². The minimum absolute atomic E-state index is 0.219. The highest BCUT2D eigenvalue weighted by Crippen LogP contribution is 2.19. The van der Waals surface area contributed by atoms with Crippen molar-refractivity contribution in [1.82, 2.24) is 4.98 Å². The largest absolute Gasteiger partial charge is 0.320 e. The predicted octanol–water partition coefficient (Wildman–Crippen LogP) is 1.78. The number of nitrogens with one attached hydrogen (secondary N) is 1. The van der Waals surface area contributed by atoms with Crippen LogP contribution in [0, 0.1) is 0 Å². The van der Waals surface area contributed by atoms with E-state index in [1.165, 1.54) is 0 Å². The molecule has 3 nitrogen and oxygen atoms in total. The lowest BCUT2D eigenvalue weighted by Crippen LogP contribution is -2.14. The van der Waals surface area contributed by atoms with Crippen LogP contribution in [0.15, 0.2) is 10.9 Å². The van der Waals surface area contributed by atoms with Crippen molar-refractivity contribution in [2.24, 2.45) is 0 Å². The van der Waals surface area contributed by atoms with Gasteiger partial charge in [-0.2, -0.15) is 0 Å². The van der Waals surface area contributed by atoms with Gasteiger partial charge in [0.15, 0.2) is 6.29 Å². The van der Waals surface area contributed by atoms with Crippen LogP contribution >= 0.6 is 11.6 Å². The molecule has 0 bridgehead atoms. The summed E-state index contributed by atoms with van der Waals surface area (Å²) in [6.45, 7) is 0. The molecular formula is C7H4ClF2NO2. The molecule has 0 fully saturated rings. The van der Waals surface area contributed by atoms with Crippen molar-refractivity contribution in [2.45, 2.75) is 6.43 Å². The highest BCUT2D eigenvalue weighted by Gasteiger charge is 2.12. The van der Waals surface area contributed by atoms with E-state index in [0.29, 0.717) is 0 Å². The molecule has 70 valence electrons. The summed E-state index contributed by atoms with van der Waals surface area (Å²) in [5, 5.41) is -0.269. The van der Waals surface area contributed by atoms with Gasteiger partial charge in [-0.1, -0.05) is 11.6 Å². The third kappa shape index (κ3) is 1.92. The van der Waals surface area contributed by atoms with Crippen molar-refractivity contribution in [3.8, 4) is 0 Å². The van der Waals surface area contributed by atoms with Crippen LogP contribution in [0.4, 0.5) is 8.78 Å². The van der Waals surface area contributed by atoms with Crippen molar-refractivity contribution >= 4 is 17.9 Å². The number of hydrogen-bond acceptors (Lipinski definition) is 2. The lowest BCUT2D eigenvalue weighted by molar-refractivity contribution is 0.112. The van der Waals surface area contributed by atoms with Gasteiger partial charge >= 0.3 is 0 Å². The molecule has 0 spiro atoms. The molecule has 0 amide bonds. The number of aldehydes is 1. The molecule has 0 radical (unpaired) electrons. The van der Waals surface area contributed by atoms with Crippen LogP contribution in [0.5, 0.6) is 0 Å². The van der Waals surface area contributed by atoms with E-state index in [0.717, 1.165) is 6.07 Å². The number of carbonyl (C=O) groups excluding carboxylic acids is 1. The Hall–Kier alpha value is -1.23. The summed E-state index contributed by atoms with van der Waals surface area (Å²) in [7, 11) is 0. The maximum absolute atomic E-state index is 12.0. The fourth-order valence-corrected chi connectivity index (χ4v) is 1.03. The zero-order valence-electron chi connectivity index (χ0n) is 6.18. The summed E-state index contributed by atoms with van der Waals surface area (Å²) in [6, 6.07) is 0.858. The number of alkyl halides is 2. The molecule has 0 aliphatic heterocycles. The number of H-pyrrole nitrogens is 1. The van der Waals surface area contributed by atoms with Crippen LogP contribution in [-0.2, 0) is 0 Å². The number of carbonyl (C=O) groups is 1. The first kappa shape index (κ1) is 9.85. The van der Waals surface area contributed by atoms with E-state index in [1.54, 1.807) is 0 Å². The highest BCUT2D eigenvalue weighted by atomic mass is 35.5. The van der Waals surface area contributed by atoms with Gasteiger partial charge in [0.05, 0.1) is 16.3 Å². The van der Waals surface area contributed by atoms with E-state index in [2.05, 4.69) is 0 Å². The molecule has 0 saturated carbocycles. The van der Waals surface area contributed by atoms with E-state index in [1.807, 2.05) is 4.98 Å². The molecule has 13 heavy (non-hydrogen) atoms. The second-order valence-corrected chi connectivity index (χ2v) is 2.64. The number of aromatic amines is 1. The Morgan fingerprint density at radius 1 is 1.54 bits per heavy atom. The van der Waals surface area contributed by atoms with Crippen molar-refractivity contribution in [3.63, 3.8) is 0 Å². The van der Waals surface area contributed by atoms with Crippen LogP contribution in [0.25, 0.3) is 0 Å². The van der Waals surface area contributed by atoms with Crippen LogP contribution in [0.3, 0.4) is 0 Å². The molecule has 1 aromatic rings. The summed E-state index contributed by atoms with van der Waals surface area (Å²) in [5.41, 5.74) is -1.84. The monoisotopic (exact) mass is 207 g/mol. The number of pyridine rings is 1. The Bertz CT molecular complexity index is 389. The average molecular weight is 208 g/mol. The van der Waals surface area contributed by atoms with E-state index < -0.39 is 17.7 Å². The fraction of sp³-hybridized carbons (Fsp3) is 0.143. The molecule has 0 saturated heterocycles. The smallest absolute Gasteiger partial charge is 0.278 e. The SMILES string of the molecule is O=Cc1c(Cl)cc(C(F)F)[nH]c1=O. The van der Waals surface area contributed by atoms with Gasteiger partial charge < -0.3 is 4.98 Å². The Balaban J connectivity index is 3.37. The normalized spacial score (nSPS) is 10.5. The van der Waals surface area contributed by atoms with Crippen molar-refractivity contribution in [1.29, 1.82) is 0 Å². The van der Waals surface area contributed by atoms with Crippen LogP contribution in [-0.4, -0.2) is 11.3 Å². The lowest BCUT2D eigenvalue weighted by atomic mass is 10.2. The van der Waals surface area contributed by atoms with E-state index in [4.69, 9.17) is 11.6 Å². The van der Waals surface area contributed by atoms with Gasteiger partial charge in [0, 0.05) is 0 Å². The predicted molar refractivity (Wildman–Crippen MR) is 42.4 cm³/mol. The Kier molecular flexibility index (Phi) is 2.77. The molecule has 1 N–H and O–H groups in total. The van der Waals surface area contributed by atoms with Crippen LogP contribution < -0.4 is 5.56 Å². The average Bonchev–Trinajstić information content (AvgIpc) is 2.03. The second kappa shape index (κ2) is 3.66. The third-order valence-electron chi connectivity index (χ3n) is 1.39. The van der Waals surface area contributed by atoms with Gasteiger partial charge in [-0.3, -0.25) is 9.59 Å². The zero-order chi connectivity index (χ0) is 10.0. The summed E-state index contributed by atoms with van der Waals surface area (Å²) in [4.78, 5) is 23.0. The van der Waals surface area contributed by atoms with Crippen LogP contribution in [0.1, 0.15) is 22.5 Å². The van der Waals surface area contributed by atoms with Gasteiger partial charge in [-0.15, -0.1) is 0 Å². The summed E-state index contributed by atoms with van der Waals surface area (Å²) in [6.07, 6.45) is -2.60. The minimum atomic E-state index is -2.81. The minimum Gasteiger partial charge on any atom is -0.320 e. The number of halogens is 3. The number of hydrogen-bond donors (Lipinski definition) is 1. The Labute approximate surface area is 76.3 Å². The lowest BCUT2D eigenvalue weighted by Gasteiger charge is -2.00. The first-order valence-corrected chi connectivity index (χ1v) is 3.60. The first-order valence-electron chi connectivity index (χ1n) is 3.22. The van der Waals surface area contributed by atoms with Gasteiger partial charge in [0.2, 0.25) is 0 Å². The fourth-order valence-electron chi connectivity index (χ4n) is 0.785. The second-order valence-electron chi connectivity index (χ2n) is 2.23. The quantitative estimate of drug-likeness (QED) is 0.752. The number of aromatic nitrogens is 1. The first-order chi connectivity index (χ1) is 6.06. The summed E-state index contributed by atoms with van der Waals surface area (Å²) < 4.78 is 24.1. The number of rotatable bonds is 2. The topological polar surface area (TPSA) is 49.9 Å². The molecular weight excluding hydrogens is 204 g/mol. The molecule has 6 heteroatoms. The van der Waals surface area contributed by atoms with E-state index >= 15 is 0 Å². The summed E-state index contributed by atoms with van der Waals surface area (Å²) >= 11 is 5.39. The molecule has 0 aliphatic carbocycles. The van der Waals surface area contributed by atoms with Gasteiger partial charge in [-0.05, 0) is 6.07 Å². The van der Waals surface area contributed by atoms with Crippen LogP contribution in [0.2, 0.25) is 5.02 Å². The maximum Gasteiger partial charge on any atom is 0.278 e. The molecule has 1 heterocycles. The van der Waals surface area contributed by atoms with Crippen molar-refractivity contribution < 1.29 is 13.6 Å². The van der Waals surface area contributed by atoms with Gasteiger partial charge in [0.1, 0.15) is 0 Å². The Morgan fingerprint density at radius 3 is 2.54 bits per heavy atom. The molecule has 1 aromatic heterocycles. The Morgan fingerprint density at radius 2 is 2.15 bits per heavy atom. The molecule has 0 aliphatic rings. The standard InChI is InChI=1S/C7H4ClF2NO2/c8-4-1-5(6(9)10)11-7(13)3(4)2-12/h1-2,6H,(H,11,13). The maximum atomic E-state index is 12.0. The van der Waals surface area contributed by atoms with Gasteiger partial charge in [-0.25, -0.2) is 8.78 Å². The zero-order valence-corrected chi connectivity index (χ0v) is 6.94. The summed E-state index contributed by atoms with van der Waals surface area (Å²) in [5.74, 6) is 0. The highest BCUT2D eigenvalue weighted by molar-refractivity contribution is 6.32. The van der Waals surface area contributed by atoms with E-state index in [9.17, 15) is 18.4 Å². The molecule has 1 rings (SSSR count).